The van der Waals surface area contributed by atoms with Crippen LogP contribution >= 0.6 is 0 Å². The number of piperidine rings is 1. The summed E-state index contributed by atoms with van der Waals surface area (Å²) in [7, 11) is 1.72. The predicted octanol–water partition coefficient (Wildman–Crippen LogP) is 0.558. The Hall–Kier alpha value is -1.66. The molecule has 3 aliphatic rings. The smallest absolute Gasteiger partial charge is 0.260 e. The molecule has 0 saturated carbocycles. The van der Waals surface area contributed by atoms with Crippen LogP contribution < -0.4 is 5.56 Å². The van der Waals surface area contributed by atoms with Crippen molar-refractivity contribution in [2.24, 2.45) is 5.92 Å². The van der Waals surface area contributed by atoms with Crippen LogP contribution in [0.1, 0.15) is 23.2 Å². The van der Waals surface area contributed by atoms with E-state index in [4.69, 9.17) is 4.74 Å². The molecule has 0 spiro atoms. The number of amides is 1. The number of pyridine rings is 1. The van der Waals surface area contributed by atoms with Crippen LogP contribution in [0.15, 0.2) is 23.1 Å². The number of nitrogens with zero attached hydrogens (tertiary/aromatic N) is 2. The van der Waals surface area contributed by atoms with Gasteiger partial charge in [0, 0.05) is 45.5 Å². The van der Waals surface area contributed by atoms with E-state index in [-0.39, 0.29) is 17.0 Å². The zero-order valence-electron chi connectivity index (χ0n) is 13.0. The number of hydrogen-bond donors (Lipinski definition) is 1. The van der Waals surface area contributed by atoms with Crippen LogP contribution in [0.25, 0.3) is 0 Å². The molecule has 1 aromatic heterocycles. The van der Waals surface area contributed by atoms with Gasteiger partial charge in [-0.25, -0.2) is 0 Å². The zero-order chi connectivity index (χ0) is 15.5. The van der Waals surface area contributed by atoms with Crippen LogP contribution in [-0.4, -0.2) is 66.6 Å². The van der Waals surface area contributed by atoms with E-state index in [1.165, 1.54) is 0 Å². The van der Waals surface area contributed by atoms with Crippen LogP contribution in [0.4, 0.5) is 0 Å². The van der Waals surface area contributed by atoms with Crippen molar-refractivity contribution in [3.63, 3.8) is 0 Å². The molecule has 4 rings (SSSR count). The molecule has 1 N–H and O–H groups in total. The van der Waals surface area contributed by atoms with E-state index in [0.29, 0.717) is 18.5 Å². The van der Waals surface area contributed by atoms with E-state index in [1.54, 1.807) is 25.4 Å². The Labute approximate surface area is 130 Å². The first-order valence-electron chi connectivity index (χ1n) is 7.89. The molecule has 0 aliphatic carbocycles. The lowest BCUT2D eigenvalue weighted by atomic mass is 9.95. The molecule has 120 valence electrons. The van der Waals surface area contributed by atoms with Crippen molar-refractivity contribution in [3.8, 4) is 0 Å². The molecule has 4 heterocycles. The van der Waals surface area contributed by atoms with Crippen LogP contribution in [-0.2, 0) is 4.74 Å². The molecule has 2 bridgehead atoms. The highest BCUT2D eigenvalue weighted by molar-refractivity contribution is 5.93. The van der Waals surface area contributed by atoms with Gasteiger partial charge in [-0.2, -0.15) is 0 Å². The highest BCUT2D eigenvalue weighted by atomic mass is 16.5. The number of H-pyrrole nitrogens is 1. The summed E-state index contributed by atoms with van der Waals surface area (Å²) >= 11 is 0. The Morgan fingerprint density at radius 1 is 1.36 bits per heavy atom. The first kappa shape index (κ1) is 15.2. The number of nitrogens with one attached hydrogen (secondary N) is 1. The van der Waals surface area contributed by atoms with E-state index in [0.717, 1.165) is 39.1 Å². The summed E-state index contributed by atoms with van der Waals surface area (Å²) < 4.78 is 5.18. The van der Waals surface area contributed by atoms with Gasteiger partial charge in [0.1, 0.15) is 5.56 Å². The van der Waals surface area contributed by atoms with E-state index < -0.39 is 0 Å². The third-order valence-electron chi connectivity index (χ3n) is 4.75. The molecule has 1 amide bonds. The molecule has 1 aromatic rings. The van der Waals surface area contributed by atoms with Crippen molar-refractivity contribution >= 4 is 5.91 Å². The minimum Gasteiger partial charge on any atom is -0.383 e. The highest BCUT2D eigenvalue weighted by Crippen LogP contribution is 2.28. The first-order valence-corrected chi connectivity index (χ1v) is 7.89. The Morgan fingerprint density at radius 3 is 3.00 bits per heavy atom. The lowest BCUT2D eigenvalue weighted by Gasteiger charge is -2.35. The third-order valence-corrected chi connectivity index (χ3v) is 4.75. The van der Waals surface area contributed by atoms with E-state index in [9.17, 15) is 9.59 Å². The summed E-state index contributed by atoms with van der Waals surface area (Å²) in [6.07, 6.45) is 3.82. The van der Waals surface area contributed by atoms with Crippen molar-refractivity contribution in [1.82, 2.24) is 14.8 Å². The molecule has 3 saturated heterocycles. The molecule has 3 aliphatic heterocycles. The number of fused-ring (bicyclic) bond motifs is 4. The predicted molar refractivity (Wildman–Crippen MR) is 82.9 cm³/mol. The molecule has 0 radical (unpaired) electrons. The summed E-state index contributed by atoms with van der Waals surface area (Å²) in [6.45, 7) is 4.09. The summed E-state index contributed by atoms with van der Waals surface area (Å²) in [6, 6.07) is 3.68. The minimum atomic E-state index is -0.305. The van der Waals surface area contributed by atoms with Gasteiger partial charge in [-0.3, -0.25) is 14.5 Å². The number of aromatic amines is 1. The highest BCUT2D eigenvalue weighted by Gasteiger charge is 2.36. The number of rotatable bonds is 4. The molecule has 0 unspecified atom stereocenters. The van der Waals surface area contributed by atoms with Gasteiger partial charge in [-0.05, 0) is 30.9 Å². The van der Waals surface area contributed by atoms with Gasteiger partial charge in [0.2, 0.25) is 0 Å². The normalized spacial score (nSPS) is 25.2. The lowest BCUT2D eigenvalue weighted by molar-refractivity contribution is 0.0716. The molecule has 6 heteroatoms. The maximum Gasteiger partial charge on any atom is 0.260 e. The standard InChI is InChI=1S/C16H23N3O3/c1-22-8-7-18-9-12-4-5-13(18)11-19(10-12)16(21)14-3-2-6-17-15(14)20/h2-3,6,12-13H,4-5,7-11H2,1H3,(H,17,20)/t12-,13-/m0/s1. The van der Waals surface area contributed by atoms with E-state index >= 15 is 0 Å². The summed E-state index contributed by atoms with van der Waals surface area (Å²) in [5, 5.41) is 0. The quantitative estimate of drug-likeness (QED) is 0.882. The van der Waals surface area contributed by atoms with Crippen molar-refractivity contribution in [2.75, 3.05) is 39.9 Å². The number of methoxy groups -OCH3 is 1. The average Bonchev–Trinajstić information content (AvgIpc) is 2.84. The maximum atomic E-state index is 12.7. The van der Waals surface area contributed by atoms with E-state index in [1.807, 2.05) is 4.90 Å². The lowest BCUT2D eigenvalue weighted by Crippen LogP contribution is -2.46. The minimum absolute atomic E-state index is 0.146. The van der Waals surface area contributed by atoms with Gasteiger partial charge in [0.05, 0.1) is 6.61 Å². The monoisotopic (exact) mass is 305 g/mol. The molecule has 2 atom stereocenters. The van der Waals surface area contributed by atoms with Gasteiger partial charge in [0.15, 0.2) is 0 Å². The number of carbonyl (C=O) groups is 1. The second-order valence-corrected chi connectivity index (χ2v) is 6.21. The third kappa shape index (κ3) is 3.08. The second-order valence-electron chi connectivity index (χ2n) is 6.21. The van der Waals surface area contributed by atoms with Gasteiger partial charge in [-0.1, -0.05) is 0 Å². The summed E-state index contributed by atoms with van der Waals surface area (Å²) in [4.78, 5) is 31.4. The molecule has 22 heavy (non-hydrogen) atoms. The van der Waals surface area contributed by atoms with Crippen molar-refractivity contribution in [2.45, 2.75) is 18.9 Å². The van der Waals surface area contributed by atoms with Crippen molar-refractivity contribution < 1.29 is 9.53 Å². The largest absolute Gasteiger partial charge is 0.383 e. The van der Waals surface area contributed by atoms with Gasteiger partial charge in [0.25, 0.3) is 11.5 Å². The second kappa shape index (κ2) is 6.62. The van der Waals surface area contributed by atoms with Crippen LogP contribution in [0.2, 0.25) is 0 Å². The topological polar surface area (TPSA) is 65.6 Å². The van der Waals surface area contributed by atoms with Gasteiger partial charge >= 0.3 is 0 Å². The van der Waals surface area contributed by atoms with Crippen molar-refractivity contribution in [1.29, 1.82) is 0 Å². The van der Waals surface area contributed by atoms with Crippen LogP contribution in [0, 0.1) is 5.92 Å². The fourth-order valence-electron chi connectivity index (χ4n) is 3.59. The zero-order valence-corrected chi connectivity index (χ0v) is 13.0. The summed E-state index contributed by atoms with van der Waals surface area (Å²) in [5.41, 5.74) is -0.0624. The van der Waals surface area contributed by atoms with Crippen molar-refractivity contribution in [3.05, 3.63) is 34.2 Å². The number of hydrogen-bond acceptors (Lipinski definition) is 4. The number of carbonyl (C=O) groups excluding carboxylic acids is 1. The van der Waals surface area contributed by atoms with Crippen LogP contribution in [0.5, 0.6) is 0 Å². The van der Waals surface area contributed by atoms with E-state index in [2.05, 4.69) is 9.88 Å². The van der Waals surface area contributed by atoms with Crippen LogP contribution in [0.3, 0.4) is 0 Å². The fourth-order valence-corrected chi connectivity index (χ4v) is 3.59. The first-order chi connectivity index (χ1) is 10.7. The Balaban J connectivity index is 1.75. The molecular weight excluding hydrogens is 282 g/mol. The fraction of sp³-hybridized carbons (Fsp3) is 0.625. The molecule has 3 fully saturated rings. The molecule has 6 nitrogen and oxygen atoms in total. The number of ether oxygens (including phenoxy) is 1. The Bertz CT molecular complexity index is 586. The Morgan fingerprint density at radius 2 is 2.23 bits per heavy atom. The SMILES string of the molecule is COCCN1C[C@@H]2CC[C@H]1CN(C(=O)c1ccc[nH]c1=O)C2. The number of aromatic nitrogens is 1. The maximum absolute atomic E-state index is 12.7. The molecule has 0 aromatic carbocycles. The van der Waals surface area contributed by atoms with Gasteiger partial charge < -0.3 is 14.6 Å². The van der Waals surface area contributed by atoms with Gasteiger partial charge in [-0.15, -0.1) is 0 Å². The summed E-state index contributed by atoms with van der Waals surface area (Å²) in [5.74, 6) is 0.342. The Kier molecular flexibility index (Phi) is 4.59. The molecular formula is C16H23N3O3. The average molecular weight is 305 g/mol.